The lowest BCUT2D eigenvalue weighted by atomic mass is 10.2. The summed E-state index contributed by atoms with van der Waals surface area (Å²) in [6, 6.07) is 9.83. The average Bonchev–Trinajstić information content (AvgIpc) is 3.26. The fourth-order valence-electron chi connectivity index (χ4n) is 3.61. The zero-order valence-corrected chi connectivity index (χ0v) is 16.4. The molecule has 1 aliphatic rings. The highest BCUT2D eigenvalue weighted by Crippen LogP contribution is 2.31. The van der Waals surface area contributed by atoms with Crippen molar-refractivity contribution >= 4 is 28.4 Å². The maximum Gasteiger partial charge on any atom is 0.433 e. The second kappa shape index (κ2) is 8.29. The molecular formula is C21H20F3N5O2. The number of benzene rings is 1. The van der Waals surface area contributed by atoms with Crippen molar-refractivity contribution in [3.63, 3.8) is 0 Å². The predicted octanol–water partition coefficient (Wildman–Crippen LogP) is 3.86. The van der Waals surface area contributed by atoms with Crippen molar-refractivity contribution in [3.8, 4) is 0 Å². The number of pyridine rings is 2. The van der Waals surface area contributed by atoms with Crippen molar-refractivity contribution in [2.45, 2.75) is 25.6 Å². The van der Waals surface area contributed by atoms with Crippen LogP contribution in [-0.2, 0) is 12.7 Å². The van der Waals surface area contributed by atoms with Crippen LogP contribution in [0.15, 0.2) is 47.3 Å². The molecule has 162 valence electrons. The highest BCUT2D eigenvalue weighted by atomic mass is 19.4. The van der Waals surface area contributed by atoms with Crippen LogP contribution in [0.3, 0.4) is 0 Å². The maximum absolute atomic E-state index is 13.1. The number of anilines is 2. The number of fused-ring (bicyclic) bond motifs is 1. The van der Waals surface area contributed by atoms with Crippen molar-refractivity contribution in [1.82, 2.24) is 15.3 Å². The van der Waals surface area contributed by atoms with Gasteiger partial charge in [-0.05, 0) is 37.1 Å². The number of nitrogens with one attached hydrogen (secondary N) is 3. The quantitative estimate of drug-likeness (QED) is 0.585. The Morgan fingerprint density at radius 3 is 2.61 bits per heavy atom. The second-order valence-electron chi connectivity index (χ2n) is 7.27. The van der Waals surface area contributed by atoms with Crippen molar-refractivity contribution in [1.29, 1.82) is 0 Å². The molecule has 3 N–H and O–H groups in total. The first-order valence-electron chi connectivity index (χ1n) is 9.80. The lowest BCUT2D eigenvalue weighted by molar-refractivity contribution is -0.141. The number of amides is 2. The summed E-state index contributed by atoms with van der Waals surface area (Å²) in [6.45, 7) is 1.27. The van der Waals surface area contributed by atoms with Gasteiger partial charge in [-0.1, -0.05) is 12.1 Å². The van der Waals surface area contributed by atoms with Gasteiger partial charge in [0.05, 0.1) is 11.2 Å². The van der Waals surface area contributed by atoms with Gasteiger partial charge in [-0.15, -0.1) is 0 Å². The molecule has 31 heavy (non-hydrogen) atoms. The Kier molecular flexibility index (Phi) is 5.53. The number of halogens is 3. The van der Waals surface area contributed by atoms with Crippen LogP contribution in [0.2, 0.25) is 0 Å². The number of urea groups is 1. The number of nitrogens with zero attached hydrogens (tertiary/aromatic N) is 2. The molecule has 0 aliphatic carbocycles. The molecule has 1 saturated heterocycles. The lowest BCUT2D eigenvalue weighted by Crippen LogP contribution is -2.30. The number of aromatic amines is 1. The summed E-state index contributed by atoms with van der Waals surface area (Å²) in [5.41, 5.74) is 0.378. The van der Waals surface area contributed by atoms with E-state index < -0.39 is 17.9 Å². The van der Waals surface area contributed by atoms with Gasteiger partial charge in [0.25, 0.3) is 0 Å². The molecule has 2 amide bonds. The Hall–Kier alpha value is -3.56. The smallest absolute Gasteiger partial charge is 0.356 e. The van der Waals surface area contributed by atoms with Gasteiger partial charge < -0.3 is 20.5 Å². The van der Waals surface area contributed by atoms with E-state index in [2.05, 4.69) is 20.6 Å². The number of carbonyl (C=O) groups is 1. The van der Waals surface area contributed by atoms with Gasteiger partial charge in [0.15, 0.2) is 0 Å². The van der Waals surface area contributed by atoms with E-state index in [0.717, 1.165) is 18.9 Å². The standard InChI is InChI=1S/C21H20F3N5O2/c22-21(23,24)17-8-6-13(19(28-17)29-10-1-2-11-29)12-25-20(31)27-16-5-3-4-15-14(16)7-9-18(30)26-15/h3-9H,1-2,10-12H2,(H,26,30)(H2,25,27,31). The molecule has 0 atom stereocenters. The van der Waals surface area contributed by atoms with Gasteiger partial charge in [0.2, 0.25) is 5.56 Å². The van der Waals surface area contributed by atoms with Crippen molar-refractivity contribution in [2.24, 2.45) is 0 Å². The SMILES string of the molecule is O=C(NCc1ccc(C(F)(F)F)nc1N1CCCC1)Nc1cccc2[nH]c(=O)ccc12. The van der Waals surface area contributed by atoms with E-state index in [1.165, 1.54) is 12.1 Å². The van der Waals surface area contributed by atoms with Gasteiger partial charge in [0.1, 0.15) is 11.5 Å². The summed E-state index contributed by atoms with van der Waals surface area (Å²) in [4.78, 5) is 32.2. The van der Waals surface area contributed by atoms with E-state index in [1.807, 2.05) is 4.90 Å². The molecule has 3 heterocycles. The van der Waals surface area contributed by atoms with Crippen molar-refractivity contribution in [2.75, 3.05) is 23.3 Å². The molecule has 2 aromatic heterocycles. The molecule has 0 saturated carbocycles. The number of H-pyrrole nitrogens is 1. The number of alkyl halides is 3. The maximum atomic E-state index is 13.1. The fraction of sp³-hybridized carbons (Fsp3) is 0.286. The highest BCUT2D eigenvalue weighted by Gasteiger charge is 2.34. The first-order chi connectivity index (χ1) is 14.8. The van der Waals surface area contributed by atoms with Crippen molar-refractivity contribution in [3.05, 3.63) is 64.1 Å². The van der Waals surface area contributed by atoms with Crippen LogP contribution < -0.4 is 21.1 Å². The van der Waals surface area contributed by atoms with Crippen LogP contribution in [0, 0.1) is 0 Å². The minimum absolute atomic E-state index is 0.0183. The van der Waals surface area contributed by atoms with Gasteiger partial charge in [-0.2, -0.15) is 13.2 Å². The molecule has 3 aromatic rings. The van der Waals surface area contributed by atoms with Gasteiger partial charge >= 0.3 is 12.2 Å². The van der Waals surface area contributed by atoms with E-state index in [1.54, 1.807) is 24.3 Å². The van der Waals surface area contributed by atoms with Crippen LogP contribution in [0.5, 0.6) is 0 Å². The molecule has 0 bridgehead atoms. The molecule has 4 rings (SSSR count). The number of hydrogen-bond acceptors (Lipinski definition) is 4. The van der Waals surface area contributed by atoms with E-state index in [-0.39, 0.29) is 17.9 Å². The van der Waals surface area contributed by atoms with Crippen LogP contribution >= 0.6 is 0 Å². The molecule has 1 aliphatic heterocycles. The average molecular weight is 431 g/mol. The predicted molar refractivity (Wildman–Crippen MR) is 111 cm³/mol. The number of hydrogen-bond donors (Lipinski definition) is 3. The third-order valence-electron chi connectivity index (χ3n) is 5.10. The second-order valence-corrected chi connectivity index (χ2v) is 7.27. The molecular weight excluding hydrogens is 411 g/mol. The van der Waals surface area contributed by atoms with Crippen LogP contribution in [0.4, 0.5) is 29.5 Å². The van der Waals surface area contributed by atoms with Crippen LogP contribution in [0.1, 0.15) is 24.1 Å². The normalized spacial score (nSPS) is 14.1. The summed E-state index contributed by atoms with van der Waals surface area (Å²) in [7, 11) is 0. The Balaban J connectivity index is 1.51. The molecule has 1 fully saturated rings. The monoisotopic (exact) mass is 431 g/mol. The molecule has 0 spiro atoms. The Labute approximate surface area is 175 Å². The number of rotatable bonds is 4. The summed E-state index contributed by atoms with van der Waals surface area (Å²) in [5.74, 6) is 0.246. The van der Waals surface area contributed by atoms with E-state index in [9.17, 15) is 22.8 Å². The van der Waals surface area contributed by atoms with Gasteiger partial charge in [-0.3, -0.25) is 4.79 Å². The highest BCUT2D eigenvalue weighted by molar-refractivity contribution is 6.00. The summed E-state index contributed by atoms with van der Waals surface area (Å²) in [6.07, 6.45) is -2.77. The lowest BCUT2D eigenvalue weighted by Gasteiger charge is -2.22. The van der Waals surface area contributed by atoms with E-state index in [0.29, 0.717) is 35.2 Å². The Morgan fingerprint density at radius 1 is 1.10 bits per heavy atom. The topological polar surface area (TPSA) is 90.1 Å². The Morgan fingerprint density at radius 2 is 1.87 bits per heavy atom. The first kappa shape index (κ1) is 20.7. The van der Waals surface area contributed by atoms with Gasteiger partial charge in [0, 0.05) is 36.7 Å². The minimum atomic E-state index is -4.53. The molecule has 1 aromatic carbocycles. The first-order valence-corrected chi connectivity index (χ1v) is 9.80. The number of aromatic nitrogens is 2. The van der Waals surface area contributed by atoms with Crippen molar-refractivity contribution < 1.29 is 18.0 Å². The fourth-order valence-corrected chi connectivity index (χ4v) is 3.61. The van der Waals surface area contributed by atoms with Gasteiger partial charge in [-0.25, -0.2) is 9.78 Å². The molecule has 7 nitrogen and oxygen atoms in total. The summed E-state index contributed by atoms with van der Waals surface area (Å²) in [5, 5.41) is 6.05. The van der Waals surface area contributed by atoms with E-state index in [4.69, 9.17) is 0 Å². The molecule has 0 radical (unpaired) electrons. The largest absolute Gasteiger partial charge is 0.433 e. The summed E-state index contributed by atoms with van der Waals surface area (Å²) < 4.78 is 39.3. The number of carbonyl (C=O) groups excluding carboxylic acids is 1. The van der Waals surface area contributed by atoms with Crippen LogP contribution in [-0.4, -0.2) is 29.1 Å². The Bertz CT molecular complexity index is 1170. The zero-order chi connectivity index (χ0) is 22.0. The van der Waals surface area contributed by atoms with E-state index >= 15 is 0 Å². The zero-order valence-electron chi connectivity index (χ0n) is 16.4. The molecule has 10 heteroatoms. The third-order valence-corrected chi connectivity index (χ3v) is 5.10. The third kappa shape index (κ3) is 4.62. The minimum Gasteiger partial charge on any atom is -0.356 e. The molecule has 0 unspecified atom stereocenters. The van der Waals surface area contributed by atoms with Crippen LogP contribution in [0.25, 0.3) is 10.9 Å². The summed E-state index contributed by atoms with van der Waals surface area (Å²) >= 11 is 0.